The van der Waals surface area contributed by atoms with Crippen molar-refractivity contribution in [2.24, 2.45) is 10.9 Å². The summed E-state index contributed by atoms with van der Waals surface area (Å²) in [5, 5.41) is 3.42. The minimum atomic E-state index is -0.0960. The number of esters is 1. The smallest absolute Gasteiger partial charge is 0.310 e. The number of anilines is 1. The summed E-state index contributed by atoms with van der Waals surface area (Å²) in [5.41, 5.74) is 2.38. The highest BCUT2D eigenvalue weighted by Gasteiger charge is 2.28. The molecule has 26 heavy (non-hydrogen) atoms. The first-order valence-electron chi connectivity index (χ1n) is 8.93. The number of aliphatic imine (C=N–C) groups is 1. The summed E-state index contributed by atoms with van der Waals surface area (Å²) < 4.78 is 5.18. The molecule has 6 nitrogen and oxygen atoms in total. The van der Waals surface area contributed by atoms with Crippen LogP contribution in [0.5, 0.6) is 0 Å². The van der Waals surface area contributed by atoms with Crippen molar-refractivity contribution in [2.45, 2.75) is 26.3 Å². The molecular formula is C19H31IN4O2. The summed E-state index contributed by atoms with van der Waals surface area (Å²) in [6, 6.07) is 8.42. The second-order valence-corrected chi connectivity index (χ2v) is 6.50. The molecule has 1 saturated heterocycles. The van der Waals surface area contributed by atoms with Crippen molar-refractivity contribution in [3.63, 3.8) is 0 Å². The first kappa shape index (κ1) is 22.5. The standard InChI is InChI=1S/C19H30N4O2.HI/c1-5-25-18(24)16-9-7-11-23(14-16)19(20-2)21-13-15-8-6-10-17(12-15)22(3)4;/h6,8,10,12,16H,5,7,9,11,13-14H2,1-4H3,(H,20,21);1H. The van der Waals surface area contributed by atoms with E-state index in [1.54, 1.807) is 7.05 Å². The fraction of sp³-hybridized carbons (Fsp3) is 0.579. The van der Waals surface area contributed by atoms with Crippen LogP contribution in [0.3, 0.4) is 0 Å². The van der Waals surface area contributed by atoms with E-state index < -0.39 is 0 Å². The third-order valence-corrected chi connectivity index (χ3v) is 4.43. The fourth-order valence-electron chi connectivity index (χ4n) is 3.08. The van der Waals surface area contributed by atoms with Crippen molar-refractivity contribution in [3.05, 3.63) is 29.8 Å². The number of nitrogens with zero attached hydrogens (tertiary/aromatic N) is 3. The van der Waals surface area contributed by atoms with Crippen LogP contribution in [0.4, 0.5) is 5.69 Å². The topological polar surface area (TPSA) is 57.2 Å². The van der Waals surface area contributed by atoms with Crippen molar-refractivity contribution in [1.29, 1.82) is 0 Å². The lowest BCUT2D eigenvalue weighted by Gasteiger charge is -2.34. The van der Waals surface area contributed by atoms with Gasteiger partial charge in [-0.1, -0.05) is 12.1 Å². The van der Waals surface area contributed by atoms with E-state index >= 15 is 0 Å². The average molecular weight is 474 g/mol. The summed E-state index contributed by atoms with van der Waals surface area (Å²) in [5.74, 6) is 0.676. The Morgan fingerprint density at radius 1 is 1.42 bits per heavy atom. The van der Waals surface area contributed by atoms with E-state index in [2.05, 4.69) is 44.4 Å². The molecule has 1 aromatic carbocycles. The number of likely N-dealkylation sites (tertiary alicyclic amines) is 1. The van der Waals surface area contributed by atoms with Gasteiger partial charge in [0.2, 0.25) is 0 Å². The zero-order valence-corrected chi connectivity index (χ0v) is 18.5. The Hall–Kier alpha value is -1.51. The third-order valence-electron chi connectivity index (χ3n) is 4.43. The maximum atomic E-state index is 12.0. The summed E-state index contributed by atoms with van der Waals surface area (Å²) in [7, 11) is 5.86. The van der Waals surface area contributed by atoms with E-state index in [1.807, 2.05) is 21.0 Å². The van der Waals surface area contributed by atoms with Crippen LogP contribution < -0.4 is 10.2 Å². The third kappa shape index (κ3) is 6.34. The van der Waals surface area contributed by atoms with E-state index in [0.717, 1.165) is 25.3 Å². The maximum Gasteiger partial charge on any atom is 0.310 e. The van der Waals surface area contributed by atoms with E-state index in [1.165, 1.54) is 11.3 Å². The Morgan fingerprint density at radius 3 is 2.85 bits per heavy atom. The zero-order chi connectivity index (χ0) is 18.2. The number of ether oxygens (including phenoxy) is 1. The molecular weight excluding hydrogens is 443 g/mol. The maximum absolute atomic E-state index is 12.0. The molecule has 1 N–H and O–H groups in total. The molecule has 0 spiro atoms. The van der Waals surface area contributed by atoms with Gasteiger partial charge < -0.3 is 19.9 Å². The Morgan fingerprint density at radius 2 is 2.19 bits per heavy atom. The first-order chi connectivity index (χ1) is 12.0. The number of carbonyl (C=O) groups excluding carboxylic acids is 1. The lowest BCUT2D eigenvalue weighted by molar-refractivity contribution is -0.149. The number of hydrogen-bond acceptors (Lipinski definition) is 4. The van der Waals surface area contributed by atoms with Crippen molar-refractivity contribution in [2.75, 3.05) is 45.7 Å². The van der Waals surface area contributed by atoms with Gasteiger partial charge in [0.25, 0.3) is 0 Å². The van der Waals surface area contributed by atoms with Crippen LogP contribution in [-0.4, -0.2) is 57.7 Å². The van der Waals surface area contributed by atoms with Crippen LogP contribution in [0.1, 0.15) is 25.3 Å². The highest BCUT2D eigenvalue weighted by atomic mass is 127. The Kier molecular flexibility index (Phi) is 9.75. The molecule has 0 saturated carbocycles. The molecule has 1 atom stereocenters. The highest BCUT2D eigenvalue weighted by molar-refractivity contribution is 14.0. The van der Waals surface area contributed by atoms with Gasteiger partial charge in [0.15, 0.2) is 5.96 Å². The number of carbonyl (C=O) groups is 1. The first-order valence-corrected chi connectivity index (χ1v) is 8.93. The number of halogens is 1. The monoisotopic (exact) mass is 474 g/mol. The van der Waals surface area contributed by atoms with Crippen LogP contribution in [0.2, 0.25) is 0 Å². The highest BCUT2D eigenvalue weighted by Crippen LogP contribution is 2.18. The molecule has 0 bridgehead atoms. The van der Waals surface area contributed by atoms with Crippen LogP contribution in [0.15, 0.2) is 29.3 Å². The van der Waals surface area contributed by atoms with Gasteiger partial charge in [-0.05, 0) is 37.5 Å². The van der Waals surface area contributed by atoms with Gasteiger partial charge in [0, 0.05) is 46.5 Å². The van der Waals surface area contributed by atoms with Gasteiger partial charge in [-0.2, -0.15) is 0 Å². The molecule has 1 heterocycles. The Balaban J connectivity index is 0.00000338. The Labute approximate surface area is 174 Å². The number of hydrogen-bond donors (Lipinski definition) is 1. The average Bonchev–Trinajstić information content (AvgIpc) is 2.63. The van der Waals surface area contributed by atoms with Crippen molar-refractivity contribution >= 4 is 41.6 Å². The number of rotatable bonds is 5. The van der Waals surface area contributed by atoms with Crippen LogP contribution in [0.25, 0.3) is 0 Å². The number of nitrogens with one attached hydrogen (secondary N) is 1. The Bertz CT molecular complexity index is 607. The fourth-order valence-corrected chi connectivity index (χ4v) is 3.08. The lowest BCUT2D eigenvalue weighted by Crippen LogP contribution is -2.48. The predicted octanol–water partition coefficient (Wildman–Crippen LogP) is 2.72. The molecule has 2 rings (SSSR count). The van der Waals surface area contributed by atoms with Crippen LogP contribution >= 0.6 is 24.0 Å². The number of benzene rings is 1. The molecule has 1 fully saturated rings. The molecule has 0 radical (unpaired) electrons. The molecule has 7 heteroatoms. The summed E-state index contributed by atoms with van der Waals surface area (Å²) in [4.78, 5) is 20.7. The number of guanidine groups is 1. The molecule has 0 amide bonds. The van der Waals surface area contributed by atoms with Gasteiger partial charge in [-0.15, -0.1) is 24.0 Å². The molecule has 1 unspecified atom stereocenters. The number of piperidine rings is 1. The van der Waals surface area contributed by atoms with Crippen LogP contribution in [0, 0.1) is 5.92 Å². The molecule has 0 aromatic heterocycles. The minimum absolute atomic E-state index is 0. The largest absolute Gasteiger partial charge is 0.466 e. The van der Waals surface area contributed by atoms with Crippen molar-refractivity contribution < 1.29 is 9.53 Å². The van der Waals surface area contributed by atoms with Crippen LogP contribution in [-0.2, 0) is 16.1 Å². The predicted molar refractivity (Wildman–Crippen MR) is 117 cm³/mol. The minimum Gasteiger partial charge on any atom is -0.466 e. The molecule has 0 aliphatic carbocycles. The lowest BCUT2D eigenvalue weighted by atomic mass is 9.98. The van der Waals surface area contributed by atoms with E-state index in [9.17, 15) is 4.79 Å². The molecule has 1 aliphatic heterocycles. The second-order valence-electron chi connectivity index (χ2n) is 6.50. The van der Waals surface area contributed by atoms with E-state index in [-0.39, 0.29) is 35.9 Å². The van der Waals surface area contributed by atoms with Crippen molar-refractivity contribution in [1.82, 2.24) is 10.2 Å². The van der Waals surface area contributed by atoms with Gasteiger partial charge in [0.1, 0.15) is 0 Å². The SMILES string of the molecule is CCOC(=O)C1CCCN(C(=NC)NCc2cccc(N(C)C)c2)C1.I. The molecule has 1 aromatic rings. The molecule has 146 valence electrons. The van der Waals surface area contributed by atoms with E-state index in [0.29, 0.717) is 19.7 Å². The molecule has 1 aliphatic rings. The summed E-state index contributed by atoms with van der Waals surface area (Å²) in [6.45, 7) is 4.56. The quantitative estimate of drug-likeness (QED) is 0.308. The zero-order valence-electron chi connectivity index (χ0n) is 16.2. The summed E-state index contributed by atoms with van der Waals surface area (Å²) in [6.07, 6.45) is 1.86. The van der Waals surface area contributed by atoms with Gasteiger partial charge in [-0.3, -0.25) is 9.79 Å². The normalized spacial score (nSPS) is 17.3. The van der Waals surface area contributed by atoms with Crippen molar-refractivity contribution in [3.8, 4) is 0 Å². The summed E-state index contributed by atoms with van der Waals surface area (Å²) >= 11 is 0. The van der Waals surface area contributed by atoms with Gasteiger partial charge in [-0.25, -0.2) is 0 Å². The second kappa shape index (κ2) is 11.3. The van der Waals surface area contributed by atoms with Gasteiger partial charge >= 0.3 is 5.97 Å². The van der Waals surface area contributed by atoms with E-state index in [4.69, 9.17) is 4.74 Å². The van der Waals surface area contributed by atoms with Gasteiger partial charge in [0.05, 0.1) is 12.5 Å².